The van der Waals surface area contributed by atoms with Crippen LogP contribution in [-0.4, -0.2) is 16.1 Å². The van der Waals surface area contributed by atoms with Crippen molar-refractivity contribution in [2.75, 3.05) is 0 Å². The average molecular weight is 305 g/mol. The van der Waals surface area contributed by atoms with E-state index in [0.29, 0.717) is 12.3 Å². The van der Waals surface area contributed by atoms with Crippen LogP contribution in [0, 0.1) is 29.1 Å². The molecule has 0 bridgehead atoms. The van der Waals surface area contributed by atoms with E-state index >= 15 is 0 Å². The molecule has 0 atom stereocenters. The molecule has 0 amide bonds. The fourth-order valence-electron chi connectivity index (χ4n) is 1.65. The van der Waals surface area contributed by atoms with Crippen LogP contribution in [0.25, 0.3) is 11.1 Å². The Morgan fingerprint density at radius 2 is 1.43 bits per heavy atom. The number of carboxylic acid groups (broad SMARTS) is 1. The third-order valence-electron chi connectivity index (χ3n) is 2.63. The summed E-state index contributed by atoms with van der Waals surface area (Å²) in [5.74, 6) is -12.7. The summed E-state index contributed by atoms with van der Waals surface area (Å²) >= 11 is 0. The molecular weight excluding hydrogens is 301 g/mol. The second kappa shape index (κ2) is 5.00. The molecule has 0 fully saturated rings. The molecule has 0 aliphatic heterocycles. The van der Waals surface area contributed by atoms with Gasteiger partial charge in [0, 0.05) is 11.8 Å². The third-order valence-corrected chi connectivity index (χ3v) is 2.63. The van der Waals surface area contributed by atoms with Crippen LogP contribution in [0.4, 0.5) is 22.0 Å². The maximum absolute atomic E-state index is 13.6. The van der Waals surface area contributed by atoms with Crippen molar-refractivity contribution in [1.29, 1.82) is 0 Å². The first-order chi connectivity index (χ1) is 9.75. The minimum absolute atomic E-state index is 0.513. The van der Waals surface area contributed by atoms with Crippen molar-refractivity contribution in [3.8, 4) is 11.1 Å². The molecule has 1 aromatic carbocycles. The number of nitrogens with one attached hydrogen (secondary N) is 1. The Bertz CT molecular complexity index is 786. The van der Waals surface area contributed by atoms with Crippen molar-refractivity contribution >= 4 is 5.97 Å². The number of aromatic amines is 1. The number of carboxylic acids is 1. The lowest BCUT2D eigenvalue weighted by Crippen LogP contribution is -2.17. The summed E-state index contributed by atoms with van der Waals surface area (Å²) in [7, 11) is 0. The summed E-state index contributed by atoms with van der Waals surface area (Å²) in [5, 5.41) is 8.71. The number of pyridine rings is 1. The van der Waals surface area contributed by atoms with Crippen LogP contribution in [0.1, 0.15) is 10.4 Å². The van der Waals surface area contributed by atoms with E-state index in [1.54, 1.807) is 0 Å². The quantitative estimate of drug-likeness (QED) is 0.508. The predicted octanol–water partition coefficient (Wildman–Crippen LogP) is 2.44. The van der Waals surface area contributed by atoms with Gasteiger partial charge in [-0.05, 0) is 6.07 Å². The molecule has 2 N–H and O–H groups in total. The molecule has 0 saturated heterocycles. The van der Waals surface area contributed by atoms with Gasteiger partial charge in [0.25, 0.3) is 5.56 Å². The van der Waals surface area contributed by atoms with Crippen molar-refractivity contribution in [2.24, 2.45) is 0 Å². The fraction of sp³-hybridized carbons (Fsp3) is 0. The Labute approximate surface area is 112 Å². The normalized spacial score (nSPS) is 10.7. The van der Waals surface area contributed by atoms with Crippen molar-refractivity contribution in [3.05, 3.63) is 57.3 Å². The number of hydrogen-bond donors (Lipinski definition) is 2. The van der Waals surface area contributed by atoms with Gasteiger partial charge in [-0.2, -0.15) is 0 Å². The molecular formula is C12H4F5NO3. The van der Waals surface area contributed by atoms with Crippen LogP contribution in [0.3, 0.4) is 0 Å². The topological polar surface area (TPSA) is 70.2 Å². The number of halogens is 5. The highest BCUT2D eigenvalue weighted by Gasteiger charge is 2.27. The second-order valence-electron chi connectivity index (χ2n) is 3.88. The van der Waals surface area contributed by atoms with Crippen molar-refractivity contribution in [2.45, 2.75) is 0 Å². The molecule has 0 unspecified atom stereocenters. The number of aromatic carboxylic acids is 1. The number of carbonyl (C=O) groups is 1. The van der Waals surface area contributed by atoms with E-state index in [0.717, 1.165) is 0 Å². The van der Waals surface area contributed by atoms with Crippen LogP contribution in [0.5, 0.6) is 0 Å². The van der Waals surface area contributed by atoms with E-state index in [9.17, 15) is 31.5 Å². The van der Waals surface area contributed by atoms with Gasteiger partial charge in [0.15, 0.2) is 23.3 Å². The monoisotopic (exact) mass is 305 g/mol. The van der Waals surface area contributed by atoms with E-state index in [1.807, 2.05) is 4.98 Å². The zero-order valence-electron chi connectivity index (χ0n) is 9.81. The molecule has 1 aromatic heterocycles. The third kappa shape index (κ3) is 2.26. The molecule has 2 rings (SSSR count). The average Bonchev–Trinajstić information content (AvgIpc) is 2.44. The first-order valence-corrected chi connectivity index (χ1v) is 5.23. The SMILES string of the molecule is O=C(O)c1cc(-c2c(F)c(F)c(F)c(F)c2F)c[nH]c1=O. The number of hydrogen-bond acceptors (Lipinski definition) is 2. The highest BCUT2D eigenvalue weighted by molar-refractivity contribution is 5.88. The molecule has 9 heteroatoms. The Morgan fingerprint density at radius 3 is 1.90 bits per heavy atom. The van der Waals surface area contributed by atoms with Gasteiger partial charge in [0.05, 0.1) is 5.56 Å². The fourth-order valence-corrected chi connectivity index (χ4v) is 1.65. The van der Waals surface area contributed by atoms with Gasteiger partial charge in [0.2, 0.25) is 5.82 Å². The second-order valence-corrected chi connectivity index (χ2v) is 3.88. The molecule has 0 aliphatic carbocycles. The standard InChI is InChI=1S/C12H4F5NO3/c13-6-5(7(14)9(16)10(17)8(6)15)3-1-4(12(20)21)11(19)18-2-3/h1-2H,(H,18,19)(H,20,21). The lowest BCUT2D eigenvalue weighted by molar-refractivity contribution is 0.0695. The van der Waals surface area contributed by atoms with E-state index in [4.69, 9.17) is 5.11 Å². The summed E-state index contributed by atoms with van der Waals surface area (Å²) in [6.07, 6.45) is 0.646. The first-order valence-electron chi connectivity index (χ1n) is 5.23. The summed E-state index contributed by atoms with van der Waals surface area (Å²) < 4.78 is 66.2. The highest BCUT2D eigenvalue weighted by atomic mass is 19.2. The molecule has 0 spiro atoms. The highest BCUT2D eigenvalue weighted by Crippen LogP contribution is 2.31. The smallest absolute Gasteiger partial charge is 0.341 e. The zero-order chi connectivity index (χ0) is 15.9. The van der Waals surface area contributed by atoms with Crippen LogP contribution in [-0.2, 0) is 0 Å². The number of benzene rings is 1. The van der Waals surface area contributed by atoms with Gasteiger partial charge in [-0.1, -0.05) is 0 Å². The van der Waals surface area contributed by atoms with Crippen LogP contribution < -0.4 is 5.56 Å². The van der Waals surface area contributed by atoms with Gasteiger partial charge in [-0.15, -0.1) is 0 Å². The summed E-state index contributed by atoms with van der Waals surface area (Å²) in [6.45, 7) is 0. The molecule has 21 heavy (non-hydrogen) atoms. The number of H-pyrrole nitrogens is 1. The van der Waals surface area contributed by atoms with Crippen molar-refractivity contribution in [1.82, 2.24) is 4.98 Å². The van der Waals surface area contributed by atoms with Crippen LogP contribution in [0.15, 0.2) is 17.1 Å². The molecule has 2 aromatic rings. The molecule has 0 saturated carbocycles. The minimum Gasteiger partial charge on any atom is -0.477 e. The summed E-state index contributed by atoms with van der Waals surface area (Å²) in [5.41, 5.74) is -3.99. The van der Waals surface area contributed by atoms with E-state index < -0.39 is 57.3 Å². The molecule has 0 aliphatic rings. The molecule has 1 heterocycles. The van der Waals surface area contributed by atoms with Crippen LogP contribution >= 0.6 is 0 Å². The summed E-state index contributed by atoms with van der Waals surface area (Å²) in [6, 6.07) is 0.513. The van der Waals surface area contributed by atoms with Crippen molar-refractivity contribution in [3.63, 3.8) is 0 Å². The molecule has 0 radical (unpaired) electrons. The maximum atomic E-state index is 13.6. The van der Waals surface area contributed by atoms with Gasteiger partial charge in [-0.3, -0.25) is 4.79 Å². The van der Waals surface area contributed by atoms with Crippen LogP contribution in [0.2, 0.25) is 0 Å². The zero-order valence-corrected chi connectivity index (χ0v) is 9.81. The van der Waals surface area contributed by atoms with E-state index in [2.05, 4.69) is 0 Å². The maximum Gasteiger partial charge on any atom is 0.341 e. The van der Waals surface area contributed by atoms with Gasteiger partial charge >= 0.3 is 5.97 Å². The lowest BCUT2D eigenvalue weighted by atomic mass is 10.0. The number of rotatable bonds is 2. The van der Waals surface area contributed by atoms with E-state index in [-0.39, 0.29) is 0 Å². The Balaban J connectivity index is 2.83. The Kier molecular flexibility index (Phi) is 3.50. The van der Waals surface area contributed by atoms with E-state index in [1.165, 1.54) is 0 Å². The lowest BCUT2D eigenvalue weighted by Gasteiger charge is -2.08. The molecule has 4 nitrogen and oxygen atoms in total. The first kappa shape index (κ1) is 14.7. The predicted molar refractivity (Wildman–Crippen MR) is 59.2 cm³/mol. The molecule has 110 valence electrons. The van der Waals surface area contributed by atoms with Gasteiger partial charge in [0.1, 0.15) is 5.56 Å². The Morgan fingerprint density at radius 1 is 0.952 bits per heavy atom. The minimum atomic E-state index is -2.34. The Hall–Kier alpha value is -2.71. The summed E-state index contributed by atoms with van der Waals surface area (Å²) in [4.78, 5) is 23.8. The van der Waals surface area contributed by atoms with Gasteiger partial charge < -0.3 is 10.1 Å². The largest absolute Gasteiger partial charge is 0.477 e. The van der Waals surface area contributed by atoms with Crippen molar-refractivity contribution < 1.29 is 31.9 Å². The van der Waals surface area contributed by atoms with Gasteiger partial charge in [-0.25, -0.2) is 26.7 Å². The number of aromatic nitrogens is 1.